The Bertz CT molecular complexity index is 426. The predicted octanol–water partition coefficient (Wildman–Crippen LogP) is 3.20. The highest BCUT2D eigenvalue weighted by Crippen LogP contribution is 2.40. The summed E-state index contributed by atoms with van der Waals surface area (Å²) in [6, 6.07) is 7.11. The average Bonchev–Trinajstić information content (AvgIpc) is 2.72. The van der Waals surface area contributed by atoms with Crippen molar-refractivity contribution in [2.75, 3.05) is 6.61 Å². The molecule has 19 heavy (non-hydrogen) atoms. The Kier molecular flexibility index (Phi) is 4.87. The van der Waals surface area contributed by atoms with Crippen molar-refractivity contribution in [2.45, 2.75) is 54.8 Å². The largest absolute Gasteiger partial charge is 0.394 e. The van der Waals surface area contributed by atoms with E-state index < -0.39 is 0 Å². The maximum absolute atomic E-state index is 13.2. The summed E-state index contributed by atoms with van der Waals surface area (Å²) in [7, 11) is 0. The first-order valence-corrected chi connectivity index (χ1v) is 7.72. The second-order valence-corrected chi connectivity index (χ2v) is 7.05. The monoisotopic (exact) mass is 283 g/mol. The van der Waals surface area contributed by atoms with E-state index >= 15 is 0 Å². The number of hydrogen-bond donors (Lipinski definition) is 2. The number of aliphatic hydroxyl groups excluding tert-OH is 1. The van der Waals surface area contributed by atoms with Gasteiger partial charge in [0.25, 0.3) is 0 Å². The molecule has 2 rings (SSSR count). The van der Waals surface area contributed by atoms with E-state index in [0.29, 0.717) is 11.3 Å². The number of benzene rings is 1. The van der Waals surface area contributed by atoms with E-state index in [9.17, 15) is 9.50 Å². The molecular weight excluding hydrogens is 261 g/mol. The molecule has 106 valence electrons. The molecule has 1 fully saturated rings. The third-order valence-corrected chi connectivity index (χ3v) is 4.82. The SMILES string of the molecule is CC(C)NC1(CO)CCC(Sc2cccc(F)c2)C1. The van der Waals surface area contributed by atoms with E-state index in [1.165, 1.54) is 6.07 Å². The molecule has 1 aromatic carbocycles. The molecule has 2 unspecified atom stereocenters. The molecular formula is C15H22FNOS. The second-order valence-electron chi connectivity index (χ2n) is 5.68. The lowest BCUT2D eigenvalue weighted by molar-refractivity contribution is 0.156. The average molecular weight is 283 g/mol. The molecule has 2 nitrogen and oxygen atoms in total. The Morgan fingerprint density at radius 3 is 2.95 bits per heavy atom. The maximum Gasteiger partial charge on any atom is 0.124 e. The highest BCUT2D eigenvalue weighted by molar-refractivity contribution is 8.00. The van der Waals surface area contributed by atoms with Crippen LogP contribution in [-0.2, 0) is 0 Å². The number of nitrogens with one attached hydrogen (secondary N) is 1. The van der Waals surface area contributed by atoms with Gasteiger partial charge in [-0.1, -0.05) is 19.9 Å². The number of aliphatic hydroxyl groups is 1. The van der Waals surface area contributed by atoms with E-state index in [4.69, 9.17) is 0 Å². The van der Waals surface area contributed by atoms with Crippen LogP contribution in [0.5, 0.6) is 0 Å². The molecule has 1 aromatic rings. The summed E-state index contributed by atoms with van der Waals surface area (Å²) in [6.07, 6.45) is 2.97. The molecule has 2 atom stereocenters. The Morgan fingerprint density at radius 2 is 2.32 bits per heavy atom. The summed E-state index contributed by atoms with van der Waals surface area (Å²) in [6.45, 7) is 4.38. The molecule has 2 N–H and O–H groups in total. The minimum absolute atomic E-state index is 0.154. The lowest BCUT2D eigenvalue weighted by Crippen LogP contribution is -2.49. The first-order valence-electron chi connectivity index (χ1n) is 6.84. The predicted molar refractivity (Wildman–Crippen MR) is 78.0 cm³/mol. The number of halogens is 1. The van der Waals surface area contributed by atoms with Crippen LogP contribution in [0, 0.1) is 5.82 Å². The highest BCUT2D eigenvalue weighted by Gasteiger charge is 2.39. The van der Waals surface area contributed by atoms with E-state index in [-0.39, 0.29) is 18.0 Å². The van der Waals surface area contributed by atoms with Gasteiger partial charge in [0.1, 0.15) is 5.82 Å². The number of thioether (sulfide) groups is 1. The quantitative estimate of drug-likeness (QED) is 0.870. The summed E-state index contributed by atoms with van der Waals surface area (Å²) in [5, 5.41) is 13.6. The second kappa shape index (κ2) is 6.25. The molecule has 0 saturated heterocycles. The van der Waals surface area contributed by atoms with Crippen molar-refractivity contribution in [3.05, 3.63) is 30.1 Å². The summed E-state index contributed by atoms with van der Waals surface area (Å²) >= 11 is 1.72. The van der Waals surface area contributed by atoms with Crippen molar-refractivity contribution in [3.63, 3.8) is 0 Å². The van der Waals surface area contributed by atoms with Crippen LogP contribution in [0.15, 0.2) is 29.2 Å². The van der Waals surface area contributed by atoms with Crippen molar-refractivity contribution < 1.29 is 9.50 Å². The normalized spacial score (nSPS) is 27.1. The zero-order valence-electron chi connectivity index (χ0n) is 11.5. The zero-order valence-corrected chi connectivity index (χ0v) is 12.3. The van der Waals surface area contributed by atoms with Crippen molar-refractivity contribution in [2.24, 2.45) is 0 Å². The molecule has 0 heterocycles. The first kappa shape index (κ1) is 14.8. The van der Waals surface area contributed by atoms with Crippen molar-refractivity contribution in [1.29, 1.82) is 0 Å². The van der Waals surface area contributed by atoms with Gasteiger partial charge in [0, 0.05) is 21.7 Å². The molecule has 0 aliphatic heterocycles. The summed E-state index contributed by atoms with van der Waals surface area (Å²) in [5.74, 6) is -0.184. The molecule has 4 heteroatoms. The third-order valence-electron chi connectivity index (χ3n) is 3.56. The van der Waals surface area contributed by atoms with Crippen LogP contribution in [0.3, 0.4) is 0 Å². The molecule has 1 aliphatic carbocycles. The van der Waals surface area contributed by atoms with Crippen LogP contribution in [0.1, 0.15) is 33.1 Å². The number of rotatable bonds is 5. The van der Waals surface area contributed by atoms with Gasteiger partial charge in [-0.2, -0.15) is 0 Å². The minimum Gasteiger partial charge on any atom is -0.394 e. The molecule has 0 radical (unpaired) electrons. The molecule has 0 bridgehead atoms. The topological polar surface area (TPSA) is 32.3 Å². The molecule has 1 aliphatic rings. The van der Waals surface area contributed by atoms with Crippen LogP contribution in [-0.4, -0.2) is 28.5 Å². The first-order chi connectivity index (χ1) is 9.03. The molecule has 0 amide bonds. The lowest BCUT2D eigenvalue weighted by atomic mass is 9.98. The van der Waals surface area contributed by atoms with Crippen molar-refractivity contribution >= 4 is 11.8 Å². The fourth-order valence-corrected chi connectivity index (χ4v) is 4.20. The highest BCUT2D eigenvalue weighted by atomic mass is 32.2. The van der Waals surface area contributed by atoms with Crippen LogP contribution in [0.4, 0.5) is 4.39 Å². The molecule has 1 saturated carbocycles. The maximum atomic E-state index is 13.2. The van der Waals surface area contributed by atoms with E-state index in [0.717, 1.165) is 24.2 Å². The fraction of sp³-hybridized carbons (Fsp3) is 0.600. The third kappa shape index (κ3) is 3.94. The van der Waals surface area contributed by atoms with Crippen LogP contribution in [0.25, 0.3) is 0 Å². The number of hydrogen-bond acceptors (Lipinski definition) is 3. The van der Waals surface area contributed by atoms with Gasteiger partial charge in [-0.05, 0) is 37.5 Å². The Hall–Kier alpha value is -0.580. The van der Waals surface area contributed by atoms with Crippen molar-refractivity contribution in [3.8, 4) is 0 Å². The summed E-state index contributed by atoms with van der Waals surface area (Å²) < 4.78 is 13.2. The zero-order chi connectivity index (χ0) is 13.9. The standard InChI is InChI=1S/C15H22FNOS/c1-11(2)17-15(10-18)7-6-14(9-15)19-13-5-3-4-12(16)8-13/h3-5,8,11,14,17-18H,6-7,9-10H2,1-2H3. The van der Waals surface area contributed by atoms with Gasteiger partial charge >= 0.3 is 0 Å². The van der Waals surface area contributed by atoms with Crippen molar-refractivity contribution in [1.82, 2.24) is 5.32 Å². The van der Waals surface area contributed by atoms with Crippen LogP contribution < -0.4 is 5.32 Å². The Morgan fingerprint density at radius 1 is 1.53 bits per heavy atom. The van der Waals surface area contributed by atoms with Gasteiger partial charge in [-0.3, -0.25) is 0 Å². The Labute approximate surface area is 118 Å². The van der Waals surface area contributed by atoms with E-state index in [1.54, 1.807) is 23.9 Å². The molecule has 0 spiro atoms. The summed E-state index contributed by atoms with van der Waals surface area (Å²) in [5.41, 5.74) is -0.154. The minimum atomic E-state index is -0.184. The van der Waals surface area contributed by atoms with Gasteiger partial charge in [0.2, 0.25) is 0 Å². The lowest BCUT2D eigenvalue weighted by Gasteiger charge is -2.31. The Balaban J connectivity index is 1.97. The van der Waals surface area contributed by atoms with Crippen LogP contribution >= 0.6 is 11.8 Å². The van der Waals surface area contributed by atoms with Gasteiger partial charge in [-0.15, -0.1) is 11.8 Å². The van der Waals surface area contributed by atoms with Gasteiger partial charge in [-0.25, -0.2) is 4.39 Å². The fourth-order valence-electron chi connectivity index (χ4n) is 2.84. The van der Waals surface area contributed by atoms with Gasteiger partial charge in [0.05, 0.1) is 6.61 Å². The van der Waals surface area contributed by atoms with Crippen LogP contribution in [0.2, 0.25) is 0 Å². The summed E-state index contributed by atoms with van der Waals surface area (Å²) in [4.78, 5) is 0.975. The molecule has 0 aromatic heterocycles. The smallest absolute Gasteiger partial charge is 0.124 e. The van der Waals surface area contributed by atoms with Gasteiger partial charge in [0.15, 0.2) is 0 Å². The van der Waals surface area contributed by atoms with E-state index in [1.807, 2.05) is 6.07 Å². The van der Waals surface area contributed by atoms with Gasteiger partial charge < -0.3 is 10.4 Å². The van der Waals surface area contributed by atoms with E-state index in [2.05, 4.69) is 19.2 Å².